The molecular weight excluding hydrogens is 302 g/mol. The molecule has 21 heavy (non-hydrogen) atoms. The minimum atomic E-state index is 0.221. The highest BCUT2D eigenvalue weighted by Crippen LogP contribution is 2.41. The average molecular weight is 320 g/mol. The van der Waals surface area contributed by atoms with Crippen LogP contribution in [-0.4, -0.2) is 18.3 Å². The first kappa shape index (κ1) is 14.9. The molecule has 0 aliphatic carbocycles. The first-order valence-electron chi connectivity index (χ1n) is 7.17. The minimum Gasteiger partial charge on any atom is -0.396 e. The Labute approximate surface area is 134 Å². The van der Waals surface area contributed by atoms with Crippen LogP contribution in [0.1, 0.15) is 23.6 Å². The molecule has 0 amide bonds. The number of rotatable bonds is 4. The number of benzene rings is 2. The van der Waals surface area contributed by atoms with E-state index in [0.717, 1.165) is 24.4 Å². The third kappa shape index (κ3) is 3.43. The second kappa shape index (κ2) is 6.84. The summed E-state index contributed by atoms with van der Waals surface area (Å²) in [6.07, 6.45) is 1.69. The van der Waals surface area contributed by atoms with Gasteiger partial charge in [0.05, 0.1) is 0 Å². The second-order valence-electron chi connectivity index (χ2n) is 5.18. The van der Waals surface area contributed by atoms with Gasteiger partial charge in [0.15, 0.2) is 0 Å². The van der Waals surface area contributed by atoms with E-state index in [-0.39, 0.29) is 12.6 Å². The Hall–Kier alpha value is -1.00. The van der Waals surface area contributed by atoms with Crippen LogP contribution in [0, 0.1) is 0 Å². The Bertz CT molecular complexity index is 632. The van der Waals surface area contributed by atoms with E-state index in [1.165, 1.54) is 20.9 Å². The molecule has 1 aliphatic rings. The molecule has 0 saturated heterocycles. The minimum absolute atomic E-state index is 0.221. The van der Waals surface area contributed by atoms with Crippen molar-refractivity contribution >= 4 is 23.4 Å². The highest BCUT2D eigenvalue weighted by molar-refractivity contribution is 7.99. The van der Waals surface area contributed by atoms with E-state index in [0.29, 0.717) is 0 Å². The van der Waals surface area contributed by atoms with Crippen molar-refractivity contribution in [2.24, 2.45) is 0 Å². The van der Waals surface area contributed by atoms with Crippen LogP contribution < -0.4 is 5.32 Å². The molecular formula is C17H18ClNOS. The molecule has 2 aromatic rings. The zero-order valence-electron chi connectivity index (χ0n) is 11.7. The van der Waals surface area contributed by atoms with Gasteiger partial charge >= 0.3 is 0 Å². The van der Waals surface area contributed by atoms with Gasteiger partial charge in [0, 0.05) is 27.5 Å². The maximum Gasteiger partial charge on any atom is 0.0443 e. The first-order chi connectivity index (χ1) is 10.3. The monoisotopic (exact) mass is 319 g/mol. The SMILES string of the molecule is OCCCNC1Cc2cc(Cl)ccc2Sc2ccccc21. The Balaban J connectivity index is 1.95. The number of hydrogen-bond donors (Lipinski definition) is 2. The molecule has 0 aromatic heterocycles. The normalized spacial score (nSPS) is 17.0. The molecule has 1 aliphatic heterocycles. The highest BCUT2D eigenvalue weighted by atomic mass is 35.5. The van der Waals surface area contributed by atoms with Crippen LogP contribution in [0.4, 0.5) is 0 Å². The Morgan fingerprint density at radius 2 is 2.05 bits per heavy atom. The molecule has 1 unspecified atom stereocenters. The first-order valence-corrected chi connectivity index (χ1v) is 8.37. The van der Waals surface area contributed by atoms with Gasteiger partial charge < -0.3 is 10.4 Å². The van der Waals surface area contributed by atoms with Crippen molar-refractivity contribution in [3.63, 3.8) is 0 Å². The summed E-state index contributed by atoms with van der Waals surface area (Å²) in [5.74, 6) is 0. The molecule has 110 valence electrons. The Morgan fingerprint density at radius 3 is 2.90 bits per heavy atom. The number of aliphatic hydroxyl groups is 1. The van der Waals surface area contributed by atoms with Gasteiger partial charge in [-0.05, 0) is 54.8 Å². The largest absolute Gasteiger partial charge is 0.396 e. The van der Waals surface area contributed by atoms with Crippen molar-refractivity contribution in [1.82, 2.24) is 5.32 Å². The number of halogens is 1. The zero-order chi connectivity index (χ0) is 14.7. The van der Waals surface area contributed by atoms with E-state index in [1.54, 1.807) is 11.8 Å². The van der Waals surface area contributed by atoms with Crippen LogP contribution in [0.5, 0.6) is 0 Å². The van der Waals surface area contributed by atoms with Gasteiger partial charge in [-0.2, -0.15) is 0 Å². The van der Waals surface area contributed by atoms with E-state index in [1.807, 2.05) is 6.07 Å². The molecule has 2 aromatic carbocycles. The summed E-state index contributed by atoms with van der Waals surface area (Å²) in [7, 11) is 0. The fraction of sp³-hybridized carbons (Fsp3) is 0.294. The number of nitrogens with one attached hydrogen (secondary N) is 1. The molecule has 3 rings (SSSR count). The molecule has 1 heterocycles. The van der Waals surface area contributed by atoms with Crippen LogP contribution in [0.3, 0.4) is 0 Å². The molecule has 2 N–H and O–H groups in total. The van der Waals surface area contributed by atoms with E-state index in [4.69, 9.17) is 16.7 Å². The average Bonchev–Trinajstić information content (AvgIpc) is 2.64. The summed E-state index contributed by atoms with van der Waals surface area (Å²) < 4.78 is 0. The summed E-state index contributed by atoms with van der Waals surface area (Å²) in [6, 6.07) is 14.9. The van der Waals surface area contributed by atoms with Crippen LogP contribution in [0.15, 0.2) is 52.3 Å². The molecule has 0 spiro atoms. The lowest BCUT2D eigenvalue weighted by molar-refractivity contribution is 0.283. The fourth-order valence-electron chi connectivity index (χ4n) is 2.65. The second-order valence-corrected chi connectivity index (χ2v) is 6.70. The number of hydrogen-bond acceptors (Lipinski definition) is 3. The fourth-order valence-corrected chi connectivity index (χ4v) is 3.97. The van der Waals surface area contributed by atoms with Gasteiger partial charge in [0.25, 0.3) is 0 Å². The summed E-state index contributed by atoms with van der Waals surface area (Å²) in [4.78, 5) is 2.57. The predicted molar refractivity (Wildman–Crippen MR) is 88.2 cm³/mol. The van der Waals surface area contributed by atoms with E-state index in [9.17, 15) is 0 Å². The zero-order valence-corrected chi connectivity index (χ0v) is 13.3. The van der Waals surface area contributed by atoms with Crippen molar-refractivity contribution < 1.29 is 5.11 Å². The lowest BCUT2D eigenvalue weighted by Gasteiger charge is -2.19. The third-order valence-corrected chi connectivity index (χ3v) is 5.13. The van der Waals surface area contributed by atoms with E-state index in [2.05, 4.69) is 41.7 Å². The quantitative estimate of drug-likeness (QED) is 0.834. The van der Waals surface area contributed by atoms with Crippen molar-refractivity contribution in [3.8, 4) is 0 Å². The van der Waals surface area contributed by atoms with Gasteiger partial charge in [-0.15, -0.1) is 0 Å². The number of fused-ring (bicyclic) bond motifs is 2. The summed E-state index contributed by atoms with van der Waals surface area (Å²) in [5.41, 5.74) is 2.61. The maximum absolute atomic E-state index is 8.98. The molecule has 0 radical (unpaired) electrons. The lowest BCUT2D eigenvalue weighted by atomic mass is 9.99. The smallest absolute Gasteiger partial charge is 0.0443 e. The van der Waals surface area contributed by atoms with Gasteiger partial charge in [-0.1, -0.05) is 41.6 Å². The molecule has 0 bridgehead atoms. The van der Waals surface area contributed by atoms with Crippen LogP contribution in [0.25, 0.3) is 0 Å². The predicted octanol–water partition coefficient (Wildman–Crippen LogP) is 4.06. The van der Waals surface area contributed by atoms with E-state index < -0.39 is 0 Å². The van der Waals surface area contributed by atoms with Crippen molar-refractivity contribution in [2.45, 2.75) is 28.7 Å². The van der Waals surface area contributed by atoms with E-state index >= 15 is 0 Å². The van der Waals surface area contributed by atoms with Crippen LogP contribution in [-0.2, 0) is 6.42 Å². The summed E-state index contributed by atoms with van der Waals surface area (Å²) >= 11 is 7.96. The van der Waals surface area contributed by atoms with Crippen LogP contribution in [0.2, 0.25) is 5.02 Å². The topological polar surface area (TPSA) is 32.3 Å². The molecule has 4 heteroatoms. The molecule has 2 nitrogen and oxygen atoms in total. The standard InChI is InChI=1S/C17H18ClNOS/c18-13-6-7-16-12(10-13)11-15(19-8-3-9-20)14-4-1-2-5-17(14)21-16/h1-2,4-7,10,15,19-20H,3,8-9,11H2. The molecule has 0 fully saturated rings. The van der Waals surface area contributed by atoms with Crippen molar-refractivity contribution in [1.29, 1.82) is 0 Å². The van der Waals surface area contributed by atoms with Gasteiger partial charge in [0.2, 0.25) is 0 Å². The van der Waals surface area contributed by atoms with Crippen LogP contribution >= 0.6 is 23.4 Å². The Morgan fingerprint density at radius 1 is 1.19 bits per heavy atom. The molecule has 1 atom stereocenters. The van der Waals surface area contributed by atoms with Crippen molar-refractivity contribution in [3.05, 3.63) is 58.6 Å². The lowest BCUT2D eigenvalue weighted by Crippen LogP contribution is -2.25. The number of aliphatic hydroxyl groups excluding tert-OH is 1. The maximum atomic E-state index is 8.98. The summed E-state index contributed by atoms with van der Waals surface area (Å²) in [6.45, 7) is 1.04. The third-order valence-electron chi connectivity index (χ3n) is 3.69. The van der Waals surface area contributed by atoms with Gasteiger partial charge in [-0.3, -0.25) is 0 Å². The Kier molecular flexibility index (Phi) is 4.86. The summed E-state index contributed by atoms with van der Waals surface area (Å²) in [5, 5.41) is 13.3. The van der Waals surface area contributed by atoms with Crippen molar-refractivity contribution in [2.75, 3.05) is 13.2 Å². The van der Waals surface area contributed by atoms with Gasteiger partial charge in [0.1, 0.15) is 0 Å². The van der Waals surface area contributed by atoms with Gasteiger partial charge in [-0.25, -0.2) is 0 Å². The highest BCUT2D eigenvalue weighted by Gasteiger charge is 2.22. The molecule has 0 saturated carbocycles.